The van der Waals surface area contributed by atoms with E-state index in [-0.39, 0.29) is 5.82 Å². The molecular weight excluding hydrogens is 269 g/mol. The summed E-state index contributed by atoms with van der Waals surface area (Å²) in [5.74, 6) is -1.90. The van der Waals surface area contributed by atoms with Gasteiger partial charge >= 0.3 is 5.97 Å². The molecule has 0 aliphatic heterocycles. The van der Waals surface area contributed by atoms with Crippen LogP contribution in [-0.4, -0.2) is 23.5 Å². The van der Waals surface area contributed by atoms with E-state index in [4.69, 9.17) is 5.11 Å². The van der Waals surface area contributed by atoms with Gasteiger partial charge in [-0.2, -0.15) is 0 Å². The lowest BCUT2D eigenvalue weighted by atomic mass is 10.2. The van der Waals surface area contributed by atoms with E-state index >= 15 is 0 Å². The molecule has 1 aromatic carbocycles. The Morgan fingerprint density at radius 3 is 2.74 bits per heavy atom. The van der Waals surface area contributed by atoms with Crippen molar-refractivity contribution in [3.8, 4) is 10.4 Å². The van der Waals surface area contributed by atoms with Crippen LogP contribution in [-0.2, 0) is 4.79 Å². The van der Waals surface area contributed by atoms with E-state index in [1.807, 2.05) is 0 Å². The number of amides is 1. The molecule has 0 aliphatic rings. The Bertz CT molecular complexity index is 624. The predicted octanol–water partition coefficient (Wildman–Crippen LogP) is 2.37. The largest absolute Gasteiger partial charge is 0.480 e. The number of carbonyl (C=O) groups excluding carboxylic acids is 1. The summed E-state index contributed by atoms with van der Waals surface area (Å²) in [6.45, 7) is -0.425. The number of thiophene rings is 1. The topological polar surface area (TPSA) is 66.4 Å². The van der Waals surface area contributed by atoms with Crippen LogP contribution in [0.2, 0.25) is 0 Å². The summed E-state index contributed by atoms with van der Waals surface area (Å²) in [5, 5.41) is 10.7. The van der Waals surface area contributed by atoms with E-state index in [0.29, 0.717) is 10.4 Å². The Kier molecular flexibility index (Phi) is 3.91. The number of nitrogens with one attached hydrogen (secondary N) is 1. The number of carboxylic acids is 1. The first-order valence-electron chi connectivity index (χ1n) is 5.42. The molecule has 0 atom stereocenters. The fraction of sp³-hybridized carbons (Fsp3) is 0.0769. The highest BCUT2D eigenvalue weighted by Crippen LogP contribution is 2.28. The highest BCUT2D eigenvalue weighted by atomic mass is 32.1. The first kappa shape index (κ1) is 13.2. The van der Waals surface area contributed by atoms with E-state index in [1.165, 1.54) is 23.5 Å². The third kappa shape index (κ3) is 3.38. The van der Waals surface area contributed by atoms with Crippen molar-refractivity contribution in [3.05, 3.63) is 47.1 Å². The van der Waals surface area contributed by atoms with Gasteiger partial charge in [0.1, 0.15) is 12.4 Å². The maximum absolute atomic E-state index is 13.1. The third-order valence-electron chi connectivity index (χ3n) is 2.34. The van der Waals surface area contributed by atoms with Gasteiger partial charge in [0, 0.05) is 4.88 Å². The van der Waals surface area contributed by atoms with Gasteiger partial charge in [0.2, 0.25) is 0 Å². The summed E-state index contributed by atoms with van der Waals surface area (Å²) in [7, 11) is 0. The van der Waals surface area contributed by atoms with Crippen LogP contribution in [0, 0.1) is 5.82 Å². The number of hydrogen-bond donors (Lipinski definition) is 2. The third-order valence-corrected chi connectivity index (χ3v) is 3.47. The van der Waals surface area contributed by atoms with Gasteiger partial charge < -0.3 is 10.4 Å². The van der Waals surface area contributed by atoms with Crippen LogP contribution >= 0.6 is 11.3 Å². The van der Waals surface area contributed by atoms with Gasteiger partial charge in [-0.3, -0.25) is 9.59 Å². The molecule has 0 bridgehead atoms. The minimum absolute atomic E-state index is 0.345. The first-order valence-corrected chi connectivity index (χ1v) is 6.23. The number of carbonyl (C=O) groups is 2. The van der Waals surface area contributed by atoms with Crippen LogP contribution in [0.4, 0.5) is 4.39 Å². The summed E-state index contributed by atoms with van der Waals surface area (Å²) >= 11 is 1.18. The van der Waals surface area contributed by atoms with Crippen molar-refractivity contribution in [1.29, 1.82) is 0 Å². The van der Waals surface area contributed by atoms with E-state index in [0.717, 1.165) is 4.88 Å². The molecular formula is C13H10FNO3S. The van der Waals surface area contributed by atoms with E-state index < -0.39 is 18.4 Å². The molecule has 19 heavy (non-hydrogen) atoms. The smallest absolute Gasteiger partial charge is 0.322 e. The maximum atomic E-state index is 13.1. The van der Waals surface area contributed by atoms with Crippen molar-refractivity contribution in [3.63, 3.8) is 0 Å². The molecule has 2 N–H and O–H groups in total. The highest BCUT2D eigenvalue weighted by molar-refractivity contribution is 7.17. The molecule has 2 aromatic rings. The number of carboxylic acid groups (broad SMARTS) is 1. The zero-order valence-corrected chi connectivity index (χ0v) is 10.5. The van der Waals surface area contributed by atoms with Crippen molar-refractivity contribution >= 4 is 23.2 Å². The van der Waals surface area contributed by atoms with Gasteiger partial charge in [0.25, 0.3) is 5.91 Å². The van der Waals surface area contributed by atoms with Crippen molar-refractivity contribution in [2.75, 3.05) is 6.54 Å². The number of aliphatic carboxylic acids is 1. The molecule has 1 heterocycles. The zero-order chi connectivity index (χ0) is 13.8. The number of rotatable bonds is 4. The van der Waals surface area contributed by atoms with Gasteiger partial charge in [0.15, 0.2) is 0 Å². The molecule has 1 amide bonds. The van der Waals surface area contributed by atoms with Crippen molar-refractivity contribution in [2.45, 2.75) is 0 Å². The Balaban J connectivity index is 2.15. The molecule has 0 radical (unpaired) electrons. The van der Waals surface area contributed by atoms with Crippen molar-refractivity contribution < 1.29 is 19.1 Å². The van der Waals surface area contributed by atoms with Gasteiger partial charge in [-0.05, 0) is 29.8 Å². The molecule has 0 saturated heterocycles. The molecule has 0 spiro atoms. The molecule has 98 valence electrons. The van der Waals surface area contributed by atoms with Crippen LogP contribution in [0.1, 0.15) is 9.67 Å². The highest BCUT2D eigenvalue weighted by Gasteiger charge is 2.11. The van der Waals surface area contributed by atoms with Crippen LogP contribution in [0.25, 0.3) is 10.4 Å². The first-order chi connectivity index (χ1) is 9.06. The molecule has 1 aromatic heterocycles. The fourth-order valence-corrected chi connectivity index (χ4v) is 2.42. The second-order valence-electron chi connectivity index (χ2n) is 3.75. The van der Waals surface area contributed by atoms with Crippen LogP contribution in [0.5, 0.6) is 0 Å². The normalized spacial score (nSPS) is 10.2. The van der Waals surface area contributed by atoms with E-state index in [2.05, 4.69) is 5.32 Å². The summed E-state index contributed by atoms with van der Waals surface area (Å²) in [6.07, 6.45) is 0. The molecule has 0 unspecified atom stereocenters. The lowest BCUT2D eigenvalue weighted by Gasteiger charge is -1.99. The summed E-state index contributed by atoms with van der Waals surface area (Å²) in [6, 6.07) is 9.35. The number of hydrogen-bond acceptors (Lipinski definition) is 3. The molecule has 0 fully saturated rings. The molecule has 0 aliphatic carbocycles. The summed E-state index contributed by atoms with van der Waals surface area (Å²) in [5.41, 5.74) is 0.683. The average Bonchev–Trinajstić information content (AvgIpc) is 2.85. The van der Waals surface area contributed by atoms with Crippen molar-refractivity contribution in [2.24, 2.45) is 0 Å². The summed E-state index contributed by atoms with van der Waals surface area (Å²) in [4.78, 5) is 23.1. The second-order valence-corrected chi connectivity index (χ2v) is 4.83. The molecule has 2 rings (SSSR count). The molecule has 0 saturated carbocycles. The molecule has 6 heteroatoms. The standard InChI is InChI=1S/C13H10FNO3S/c14-9-3-1-2-8(6-9)10-4-5-11(19-10)13(18)15-7-12(16)17/h1-6H,7H2,(H,15,18)(H,16,17). The average molecular weight is 279 g/mol. The van der Waals surface area contributed by atoms with Gasteiger partial charge in [-0.25, -0.2) is 4.39 Å². The minimum atomic E-state index is -1.10. The zero-order valence-electron chi connectivity index (χ0n) is 9.72. The monoisotopic (exact) mass is 279 g/mol. The lowest BCUT2D eigenvalue weighted by Crippen LogP contribution is -2.28. The quantitative estimate of drug-likeness (QED) is 0.903. The Morgan fingerprint density at radius 2 is 2.05 bits per heavy atom. The van der Waals surface area contributed by atoms with Gasteiger partial charge in [-0.1, -0.05) is 12.1 Å². The SMILES string of the molecule is O=C(O)CNC(=O)c1ccc(-c2cccc(F)c2)s1. The second kappa shape index (κ2) is 5.62. The van der Waals surface area contributed by atoms with E-state index in [1.54, 1.807) is 24.3 Å². The maximum Gasteiger partial charge on any atom is 0.322 e. The van der Waals surface area contributed by atoms with Crippen LogP contribution in [0.15, 0.2) is 36.4 Å². The number of halogens is 1. The Hall–Kier alpha value is -2.21. The summed E-state index contributed by atoms with van der Waals surface area (Å²) < 4.78 is 13.1. The Labute approximate surface area is 112 Å². The fourth-order valence-electron chi connectivity index (χ4n) is 1.50. The molecule has 4 nitrogen and oxygen atoms in total. The Morgan fingerprint density at radius 1 is 1.26 bits per heavy atom. The number of benzene rings is 1. The minimum Gasteiger partial charge on any atom is -0.480 e. The van der Waals surface area contributed by atoms with Gasteiger partial charge in [-0.15, -0.1) is 11.3 Å². The van der Waals surface area contributed by atoms with E-state index in [9.17, 15) is 14.0 Å². The predicted molar refractivity (Wildman–Crippen MR) is 69.7 cm³/mol. The van der Waals surface area contributed by atoms with Crippen LogP contribution in [0.3, 0.4) is 0 Å². The van der Waals surface area contributed by atoms with Gasteiger partial charge in [0.05, 0.1) is 4.88 Å². The van der Waals surface area contributed by atoms with Crippen molar-refractivity contribution in [1.82, 2.24) is 5.32 Å². The van der Waals surface area contributed by atoms with Crippen LogP contribution < -0.4 is 5.32 Å². The lowest BCUT2D eigenvalue weighted by molar-refractivity contribution is -0.135.